The Hall–Kier alpha value is -1.69. The Morgan fingerprint density at radius 3 is 2.53 bits per heavy atom. The first kappa shape index (κ1) is 12.3. The van der Waals surface area contributed by atoms with E-state index in [9.17, 15) is 0 Å². The zero-order chi connectivity index (χ0) is 13.5. The lowest BCUT2D eigenvalue weighted by Crippen LogP contribution is -2.37. The minimum Gasteiger partial charge on any atom is -0.378 e. The fourth-order valence-corrected chi connectivity index (χ4v) is 2.21. The van der Waals surface area contributed by atoms with Crippen LogP contribution in [0.5, 0.6) is 0 Å². The first-order chi connectivity index (χ1) is 9.05. The lowest BCUT2D eigenvalue weighted by Gasteiger charge is -2.27. The third kappa shape index (κ3) is 2.28. The van der Waals surface area contributed by atoms with Crippen molar-refractivity contribution in [1.29, 1.82) is 0 Å². The maximum absolute atomic E-state index is 5.37. The average Bonchev–Trinajstić information content (AvgIpc) is 2.82. The first-order valence-electron chi connectivity index (χ1n) is 6.61. The second kappa shape index (κ2) is 4.45. The highest BCUT2D eigenvalue weighted by Gasteiger charge is 2.22. The lowest BCUT2D eigenvalue weighted by molar-refractivity contribution is 0.122. The highest BCUT2D eigenvalue weighted by atomic mass is 16.5. The number of fused-ring (bicyclic) bond motifs is 1. The van der Waals surface area contributed by atoms with Crippen molar-refractivity contribution in [3.8, 4) is 0 Å². The predicted octanol–water partition coefficient (Wildman–Crippen LogP) is 1.26. The van der Waals surface area contributed by atoms with Gasteiger partial charge in [-0.3, -0.25) is 0 Å². The van der Waals surface area contributed by atoms with E-state index in [-0.39, 0.29) is 5.41 Å². The van der Waals surface area contributed by atoms with Crippen molar-refractivity contribution in [2.24, 2.45) is 0 Å². The van der Waals surface area contributed by atoms with Crippen LogP contribution in [0.1, 0.15) is 26.6 Å². The molecule has 0 saturated carbocycles. The minimum atomic E-state index is -0.0734. The summed E-state index contributed by atoms with van der Waals surface area (Å²) in [5, 5.41) is 13.1. The normalized spacial score (nSPS) is 17.1. The van der Waals surface area contributed by atoms with Gasteiger partial charge < -0.3 is 9.64 Å². The summed E-state index contributed by atoms with van der Waals surface area (Å²) in [5.41, 5.74) is 0.720. The van der Waals surface area contributed by atoms with Crippen LogP contribution in [0.3, 0.4) is 0 Å². The van der Waals surface area contributed by atoms with Crippen LogP contribution in [0.25, 0.3) is 5.65 Å². The second-order valence-corrected chi connectivity index (χ2v) is 5.83. The molecule has 0 amide bonds. The molecule has 19 heavy (non-hydrogen) atoms. The first-order valence-corrected chi connectivity index (χ1v) is 6.61. The molecule has 0 aliphatic carbocycles. The number of morpholine rings is 1. The molecule has 1 saturated heterocycles. The molecule has 3 rings (SSSR count). The number of aromatic nitrogens is 4. The van der Waals surface area contributed by atoms with Gasteiger partial charge in [0.15, 0.2) is 11.5 Å². The molecule has 0 atom stereocenters. The largest absolute Gasteiger partial charge is 0.378 e. The maximum Gasteiger partial charge on any atom is 0.178 e. The maximum atomic E-state index is 5.37. The highest BCUT2D eigenvalue weighted by molar-refractivity contribution is 5.46. The molecular weight excluding hydrogens is 242 g/mol. The summed E-state index contributed by atoms with van der Waals surface area (Å²) in [6.07, 6.45) is 0. The van der Waals surface area contributed by atoms with Crippen LogP contribution >= 0.6 is 0 Å². The summed E-state index contributed by atoms with van der Waals surface area (Å²) in [5.74, 6) is 1.85. The second-order valence-electron chi connectivity index (χ2n) is 5.83. The lowest BCUT2D eigenvalue weighted by atomic mass is 9.96. The SMILES string of the molecule is CC(C)(C)c1nnc2ccc(N3CCOCC3)nn12. The molecular formula is C13H19N5O. The van der Waals surface area contributed by atoms with Crippen molar-refractivity contribution in [1.82, 2.24) is 19.8 Å². The number of rotatable bonds is 1. The molecule has 1 aliphatic heterocycles. The average molecular weight is 261 g/mol. The number of anilines is 1. The minimum absolute atomic E-state index is 0.0734. The van der Waals surface area contributed by atoms with Crippen LogP contribution in [0.4, 0.5) is 5.82 Å². The van der Waals surface area contributed by atoms with Gasteiger partial charge in [-0.2, -0.15) is 4.52 Å². The molecule has 2 aromatic rings. The van der Waals surface area contributed by atoms with Crippen molar-refractivity contribution >= 4 is 11.5 Å². The van der Waals surface area contributed by atoms with E-state index in [0.29, 0.717) is 0 Å². The summed E-state index contributed by atoms with van der Waals surface area (Å²) < 4.78 is 7.22. The van der Waals surface area contributed by atoms with Gasteiger partial charge in [-0.15, -0.1) is 15.3 Å². The van der Waals surface area contributed by atoms with Crippen molar-refractivity contribution in [3.63, 3.8) is 0 Å². The molecule has 0 radical (unpaired) electrons. The predicted molar refractivity (Wildman–Crippen MR) is 72.5 cm³/mol. The van der Waals surface area contributed by atoms with Gasteiger partial charge in [0, 0.05) is 18.5 Å². The number of ether oxygens (including phenoxy) is 1. The summed E-state index contributed by atoms with van der Waals surface area (Å²) in [6.45, 7) is 9.63. The van der Waals surface area contributed by atoms with E-state index in [1.807, 2.05) is 16.6 Å². The van der Waals surface area contributed by atoms with E-state index < -0.39 is 0 Å². The highest BCUT2D eigenvalue weighted by Crippen LogP contribution is 2.21. The van der Waals surface area contributed by atoms with E-state index in [1.54, 1.807) is 0 Å². The van der Waals surface area contributed by atoms with Crippen LogP contribution in [0.15, 0.2) is 12.1 Å². The van der Waals surface area contributed by atoms with Crippen LogP contribution in [0, 0.1) is 0 Å². The summed E-state index contributed by atoms with van der Waals surface area (Å²) in [6, 6.07) is 3.97. The molecule has 0 spiro atoms. The number of hydrogen-bond donors (Lipinski definition) is 0. The topological polar surface area (TPSA) is 55.5 Å². The molecule has 3 heterocycles. The van der Waals surface area contributed by atoms with Crippen LogP contribution < -0.4 is 4.90 Å². The third-order valence-corrected chi connectivity index (χ3v) is 3.25. The molecule has 0 bridgehead atoms. The fraction of sp³-hybridized carbons (Fsp3) is 0.615. The Bertz CT molecular complexity index is 580. The van der Waals surface area contributed by atoms with Crippen LogP contribution in [-0.4, -0.2) is 46.1 Å². The third-order valence-electron chi connectivity index (χ3n) is 3.25. The Morgan fingerprint density at radius 2 is 1.84 bits per heavy atom. The van der Waals surface area contributed by atoms with E-state index in [0.717, 1.165) is 43.6 Å². The van der Waals surface area contributed by atoms with Crippen molar-refractivity contribution in [3.05, 3.63) is 18.0 Å². The van der Waals surface area contributed by atoms with E-state index in [4.69, 9.17) is 4.74 Å². The smallest absolute Gasteiger partial charge is 0.178 e. The van der Waals surface area contributed by atoms with Gasteiger partial charge in [-0.1, -0.05) is 20.8 Å². The molecule has 102 valence electrons. The van der Waals surface area contributed by atoms with Crippen molar-refractivity contribution in [2.75, 3.05) is 31.2 Å². The molecule has 0 aromatic carbocycles. The zero-order valence-electron chi connectivity index (χ0n) is 11.6. The van der Waals surface area contributed by atoms with Crippen LogP contribution in [-0.2, 0) is 10.2 Å². The van der Waals surface area contributed by atoms with E-state index >= 15 is 0 Å². The quantitative estimate of drug-likeness (QED) is 0.773. The van der Waals surface area contributed by atoms with Crippen molar-refractivity contribution in [2.45, 2.75) is 26.2 Å². The van der Waals surface area contributed by atoms with Crippen molar-refractivity contribution < 1.29 is 4.74 Å². The van der Waals surface area contributed by atoms with Crippen LogP contribution in [0.2, 0.25) is 0 Å². The van der Waals surface area contributed by atoms with Gasteiger partial charge in [-0.05, 0) is 12.1 Å². The molecule has 0 unspecified atom stereocenters. The van der Waals surface area contributed by atoms with E-state index in [2.05, 4.69) is 41.0 Å². The molecule has 6 heteroatoms. The fourth-order valence-electron chi connectivity index (χ4n) is 2.21. The Morgan fingerprint density at radius 1 is 1.11 bits per heavy atom. The Kier molecular flexibility index (Phi) is 2.89. The van der Waals surface area contributed by atoms with Gasteiger partial charge >= 0.3 is 0 Å². The monoisotopic (exact) mass is 261 g/mol. The van der Waals surface area contributed by atoms with Gasteiger partial charge in [0.05, 0.1) is 13.2 Å². The molecule has 1 aliphatic rings. The Labute approximate surface area is 112 Å². The standard InChI is InChI=1S/C13H19N5O/c1-13(2,3)12-15-14-10-4-5-11(16-18(10)12)17-6-8-19-9-7-17/h4-5H,6-9H2,1-3H3. The van der Waals surface area contributed by atoms with Gasteiger partial charge in [0.25, 0.3) is 0 Å². The Balaban J connectivity index is 2.03. The molecule has 2 aromatic heterocycles. The zero-order valence-corrected chi connectivity index (χ0v) is 11.6. The van der Waals surface area contributed by atoms with Gasteiger partial charge in [0.1, 0.15) is 5.82 Å². The van der Waals surface area contributed by atoms with Gasteiger partial charge in [0.2, 0.25) is 0 Å². The summed E-state index contributed by atoms with van der Waals surface area (Å²) in [7, 11) is 0. The summed E-state index contributed by atoms with van der Waals surface area (Å²) >= 11 is 0. The van der Waals surface area contributed by atoms with E-state index in [1.165, 1.54) is 0 Å². The summed E-state index contributed by atoms with van der Waals surface area (Å²) in [4.78, 5) is 2.23. The van der Waals surface area contributed by atoms with Gasteiger partial charge in [-0.25, -0.2) is 0 Å². The molecule has 6 nitrogen and oxygen atoms in total. The molecule has 0 N–H and O–H groups in total. The number of hydrogen-bond acceptors (Lipinski definition) is 5. The number of nitrogens with zero attached hydrogens (tertiary/aromatic N) is 5. The molecule has 1 fully saturated rings.